The van der Waals surface area contributed by atoms with E-state index in [2.05, 4.69) is 28.9 Å². The molecule has 4 rings (SSSR count). The molecule has 1 aliphatic heterocycles. The highest BCUT2D eigenvalue weighted by atomic mass is 19.4. The fraction of sp³-hybridized carbons (Fsp3) is 0.409. The minimum Gasteiger partial charge on any atom is -0.334 e. The number of alkyl halides is 3. The van der Waals surface area contributed by atoms with Crippen LogP contribution in [0.15, 0.2) is 42.7 Å². The summed E-state index contributed by atoms with van der Waals surface area (Å²) in [7, 11) is 1.96. The Labute approximate surface area is 167 Å². The van der Waals surface area contributed by atoms with Crippen LogP contribution in [0, 0.1) is 11.7 Å². The lowest BCUT2D eigenvalue weighted by atomic mass is 9.85. The zero-order valence-electron chi connectivity index (χ0n) is 16.4. The van der Waals surface area contributed by atoms with E-state index in [1.807, 2.05) is 17.7 Å². The first-order chi connectivity index (χ1) is 13.7. The Kier molecular flexibility index (Phi) is 5.11. The molecule has 2 aromatic carbocycles. The SMILES string of the molecule is C[C@H]1C[C@@H](c2ccc3ncn(C)c3c2)CN(Cc2cc(F)cc(C(F)(F)F)c2)C1. The molecule has 0 amide bonds. The molecule has 0 bridgehead atoms. The molecule has 7 heteroatoms. The average molecular weight is 405 g/mol. The van der Waals surface area contributed by atoms with Crippen molar-refractivity contribution in [1.29, 1.82) is 0 Å². The number of fused-ring (bicyclic) bond motifs is 1. The highest BCUT2D eigenvalue weighted by molar-refractivity contribution is 5.76. The summed E-state index contributed by atoms with van der Waals surface area (Å²) < 4.78 is 54.8. The molecule has 29 heavy (non-hydrogen) atoms. The van der Waals surface area contributed by atoms with Gasteiger partial charge < -0.3 is 4.57 Å². The van der Waals surface area contributed by atoms with Gasteiger partial charge in [0.25, 0.3) is 0 Å². The van der Waals surface area contributed by atoms with E-state index in [0.29, 0.717) is 24.1 Å². The van der Waals surface area contributed by atoms with E-state index < -0.39 is 17.6 Å². The van der Waals surface area contributed by atoms with Gasteiger partial charge in [0, 0.05) is 26.7 Å². The van der Waals surface area contributed by atoms with Crippen LogP contribution >= 0.6 is 0 Å². The number of hydrogen-bond donors (Lipinski definition) is 0. The summed E-state index contributed by atoms with van der Waals surface area (Å²) in [5.41, 5.74) is 2.62. The maximum absolute atomic E-state index is 13.8. The molecule has 0 unspecified atom stereocenters. The maximum Gasteiger partial charge on any atom is 0.416 e. The second-order valence-electron chi connectivity index (χ2n) is 8.18. The zero-order chi connectivity index (χ0) is 20.8. The van der Waals surface area contributed by atoms with Crippen molar-refractivity contribution >= 4 is 11.0 Å². The molecule has 1 saturated heterocycles. The van der Waals surface area contributed by atoms with Crippen LogP contribution < -0.4 is 0 Å². The molecule has 1 aromatic heterocycles. The monoisotopic (exact) mass is 405 g/mol. The molecule has 1 aliphatic rings. The Balaban J connectivity index is 1.56. The van der Waals surface area contributed by atoms with Gasteiger partial charge in [0.2, 0.25) is 0 Å². The Morgan fingerprint density at radius 3 is 2.66 bits per heavy atom. The molecule has 0 saturated carbocycles. The molecule has 154 valence electrons. The maximum atomic E-state index is 13.8. The molecular weight excluding hydrogens is 382 g/mol. The molecule has 2 heterocycles. The van der Waals surface area contributed by atoms with Gasteiger partial charge in [-0.05, 0) is 59.7 Å². The van der Waals surface area contributed by atoms with Crippen LogP contribution in [-0.4, -0.2) is 27.5 Å². The number of aromatic nitrogens is 2. The molecule has 0 N–H and O–H groups in total. The summed E-state index contributed by atoms with van der Waals surface area (Å²) in [6, 6.07) is 9.04. The van der Waals surface area contributed by atoms with Gasteiger partial charge in [0.1, 0.15) is 5.82 Å². The molecule has 1 fully saturated rings. The first kappa shape index (κ1) is 19.9. The number of imidazole rings is 1. The zero-order valence-corrected chi connectivity index (χ0v) is 16.4. The van der Waals surface area contributed by atoms with Gasteiger partial charge in [-0.1, -0.05) is 13.0 Å². The molecule has 2 atom stereocenters. The van der Waals surface area contributed by atoms with E-state index in [4.69, 9.17) is 0 Å². The summed E-state index contributed by atoms with van der Waals surface area (Å²) >= 11 is 0. The summed E-state index contributed by atoms with van der Waals surface area (Å²) in [5.74, 6) is -0.182. The van der Waals surface area contributed by atoms with Crippen molar-refractivity contribution in [2.45, 2.75) is 32.0 Å². The Hall–Kier alpha value is -2.41. The number of hydrogen-bond acceptors (Lipinski definition) is 2. The third-order valence-electron chi connectivity index (χ3n) is 5.65. The van der Waals surface area contributed by atoms with Crippen molar-refractivity contribution in [2.75, 3.05) is 13.1 Å². The number of rotatable bonds is 3. The minimum absolute atomic E-state index is 0.272. The van der Waals surface area contributed by atoms with Crippen LogP contribution in [0.4, 0.5) is 17.6 Å². The first-order valence-electron chi connectivity index (χ1n) is 9.69. The Morgan fingerprint density at radius 2 is 1.90 bits per heavy atom. The topological polar surface area (TPSA) is 21.1 Å². The standard InChI is InChI=1S/C22H23F4N3/c1-14-5-17(16-3-4-20-21(8-16)28(2)13-27-20)12-29(10-14)11-15-6-18(22(24,25)26)9-19(23)7-15/h3-4,6-9,13-14,17H,5,10-12H2,1-2H3/t14-,17+/m0/s1. The van der Waals surface area contributed by atoms with Crippen LogP contribution in [-0.2, 0) is 19.8 Å². The van der Waals surface area contributed by atoms with Crippen LogP contribution in [0.1, 0.15) is 36.0 Å². The van der Waals surface area contributed by atoms with E-state index in [1.54, 1.807) is 6.33 Å². The number of benzene rings is 2. The van der Waals surface area contributed by atoms with E-state index in [9.17, 15) is 17.6 Å². The summed E-state index contributed by atoms with van der Waals surface area (Å²) in [6.07, 6.45) is -1.75. The summed E-state index contributed by atoms with van der Waals surface area (Å²) in [6.45, 7) is 3.96. The van der Waals surface area contributed by atoms with Gasteiger partial charge in [-0.2, -0.15) is 13.2 Å². The highest BCUT2D eigenvalue weighted by Crippen LogP contribution is 2.34. The first-order valence-corrected chi connectivity index (χ1v) is 9.69. The Morgan fingerprint density at radius 1 is 1.10 bits per heavy atom. The highest BCUT2D eigenvalue weighted by Gasteiger charge is 2.32. The van der Waals surface area contributed by atoms with Crippen molar-refractivity contribution in [3.05, 3.63) is 65.2 Å². The van der Waals surface area contributed by atoms with Crippen molar-refractivity contribution in [1.82, 2.24) is 14.5 Å². The van der Waals surface area contributed by atoms with E-state index in [0.717, 1.165) is 36.6 Å². The molecule has 3 nitrogen and oxygen atoms in total. The summed E-state index contributed by atoms with van der Waals surface area (Å²) in [5, 5.41) is 0. The van der Waals surface area contributed by atoms with Crippen molar-refractivity contribution in [3.63, 3.8) is 0 Å². The third-order valence-corrected chi connectivity index (χ3v) is 5.65. The van der Waals surface area contributed by atoms with Crippen LogP contribution in [0.5, 0.6) is 0 Å². The second-order valence-corrected chi connectivity index (χ2v) is 8.18. The van der Waals surface area contributed by atoms with E-state index >= 15 is 0 Å². The number of aryl methyl sites for hydroxylation is 1. The number of piperidine rings is 1. The van der Waals surface area contributed by atoms with Gasteiger partial charge in [-0.25, -0.2) is 9.37 Å². The third kappa shape index (κ3) is 4.29. The normalized spacial score (nSPS) is 21.0. The molecule has 3 aromatic rings. The second kappa shape index (κ2) is 7.44. The largest absolute Gasteiger partial charge is 0.416 e. The van der Waals surface area contributed by atoms with Crippen molar-refractivity contribution < 1.29 is 17.6 Å². The van der Waals surface area contributed by atoms with Gasteiger partial charge in [-0.3, -0.25) is 4.90 Å². The van der Waals surface area contributed by atoms with Gasteiger partial charge in [-0.15, -0.1) is 0 Å². The van der Waals surface area contributed by atoms with Crippen molar-refractivity contribution in [2.24, 2.45) is 13.0 Å². The van der Waals surface area contributed by atoms with E-state index in [1.165, 1.54) is 11.6 Å². The number of likely N-dealkylation sites (tertiary alicyclic amines) is 1. The van der Waals surface area contributed by atoms with Crippen LogP contribution in [0.3, 0.4) is 0 Å². The fourth-order valence-electron chi connectivity index (χ4n) is 4.39. The quantitative estimate of drug-likeness (QED) is 0.547. The van der Waals surface area contributed by atoms with Gasteiger partial charge in [0.15, 0.2) is 0 Å². The fourth-order valence-corrected chi connectivity index (χ4v) is 4.39. The minimum atomic E-state index is -4.55. The van der Waals surface area contributed by atoms with E-state index in [-0.39, 0.29) is 5.92 Å². The van der Waals surface area contributed by atoms with Gasteiger partial charge in [0.05, 0.1) is 22.9 Å². The lowest BCUT2D eigenvalue weighted by molar-refractivity contribution is -0.137. The Bertz CT molecular complexity index is 1020. The molecular formula is C22H23F4N3. The van der Waals surface area contributed by atoms with Crippen LogP contribution in [0.2, 0.25) is 0 Å². The van der Waals surface area contributed by atoms with Crippen LogP contribution in [0.25, 0.3) is 11.0 Å². The summed E-state index contributed by atoms with van der Waals surface area (Å²) in [4.78, 5) is 6.48. The predicted octanol–water partition coefficient (Wildman–Crippen LogP) is 5.36. The average Bonchev–Trinajstić information content (AvgIpc) is 3.00. The van der Waals surface area contributed by atoms with Gasteiger partial charge >= 0.3 is 6.18 Å². The predicted molar refractivity (Wildman–Crippen MR) is 104 cm³/mol. The smallest absolute Gasteiger partial charge is 0.334 e. The van der Waals surface area contributed by atoms with Crippen molar-refractivity contribution in [3.8, 4) is 0 Å². The molecule has 0 radical (unpaired) electrons. The lowest BCUT2D eigenvalue weighted by Crippen LogP contribution is -2.38. The molecule has 0 aliphatic carbocycles. The lowest BCUT2D eigenvalue weighted by Gasteiger charge is -2.37. The number of halogens is 4. The number of nitrogens with zero attached hydrogens (tertiary/aromatic N) is 3. The molecule has 0 spiro atoms.